The Hall–Kier alpha value is -0.150. The average molecular weight is 351 g/mol. The van der Waals surface area contributed by atoms with Crippen LogP contribution in [0.1, 0.15) is 89.9 Å². The maximum absolute atomic E-state index is 13.7. The summed E-state index contributed by atoms with van der Waals surface area (Å²) in [6.07, 6.45) is 18.0. The van der Waals surface area contributed by atoms with E-state index in [-0.39, 0.29) is 0 Å². The van der Waals surface area contributed by atoms with Crippen LogP contribution in [0.4, 0.5) is 4.39 Å². The van der Waals surface area contributed by atoms with Gasteiger partial charge in [0.15, 0.2) is 0 Å². The van der Waals surface area contributed by atoms with Crippen molar-refractivity contribution in [3.05, 3.63) is 0 Å². The third kappa shape index (κ3) is 4.77. The molecule has 0 spiro atoms. The second kappa shape index (κ2) is 8.69. The molecule has 1 N–H and O–H groups in total. The van der Waals surface area contributed by atoms with Crippen molar-refractivity contribution in [2.24, 2.45) is 23.7 Å². The van der Waals surface area contributed by atoms with Crippen LogP contribution in [0.25, 0.3) is 0 Å². The first kappa shape index (κ1) is 18.2. The topological polar surface area (TPSA) is 15.3 Å². The molecule has 5 atom stereocenters. The minimum atomic E-state index is -0.535. The van der Waals surface area contributed by atoms with E-state index >= 15 is 0 Å². The van der Waals surface area contributed by atoms with Crippen LogP contribution in [0.5, 0.6) is 0 Å². The summed E-state index contributed by atoms with van der Waals surface area (Å²) in [5, 5.41) is 2.46. The summed E-state index contributed by atoms with van der Waals surface area (Å²) in [5.41, 5.74) is 3.86. The molecule has 5 unspecified atom stereocenters. The molecule has 0 bridgehead atoms. The van der Waals surface area contributed by atoms with Crippen molar-refractivity contribution in [1.29, 1.82) is 0 Å². The Morgan fingerprint density at radius 3 is 2.32 bits per heavy atom. The van der Waals surface area contributed by atoms with Gasteiger partial charge in [0.1, 0.15) is 6.17 Å². The van der Waals surface area contributed by atoms with E-state index in [4.69, 9.17) is 0 Å². The minimum absolute atomic E-state index is 0.535. The van der Waals surface area contributed by atoms with Crippen LogP contribution in [0.2, 0.25) is 0 Å². The lowest BCUT2D eigenvalue weighted by molar-refractivity contribution is 0.108. The Kier molecular flexibility index (Phi) is 6.34. The SMILES string of the molecule is FC1CCCC(CN2CCC(C3CCCC(C4CCCCC4)C3)N2)C1. The predicted molar refractivity (Wildman–Crippen MR) is 102 cm³/mol. The maximum Gasteiger partial charge on any atom is 0.100 e. The van der Waals surface area contributed by atoms with Crippen LogP contribution >= 0.6 is 0 Å². The zero-order valence-electron chi connectivity index (χ0n) is 16.1. The molecule has 2 nitrogen and oxygen atoms in total. The normalized spacial score (nSPS) is 41.9. The summed E-state index contributed by atoms with van der Waals surface area (Å²) in [4.78, 5) is 0. The highest BCUT2D eigenvalue weighted by Crippen LogP contribution is 2.42. The molecule has 0 radical (unpaired) electrons. The van der Waals surface area contributed by atoms with Crippen LogP contribution in [0, 0.1) is 23.7 Å². The molecule has 25 heavy (non-hydrogen) atoms. The van der Waals surface area contributed by atoms with Crippen molar-refractivity contribution in [2.45, 2.75) is 102 Å². The molecule has 1 saturated heterocycles. The summed E-state index contributed by atoms with van der Waals surface area (Å²) in [6.45, 7) is 2.26. The van der Waals surface area contributed by atoms with Gasteiger partial charge in [0, 0.05) is 19.1 Å². The fourth-order valence-corrected chi connectivity index (χ4v) is 6.51. The Morgan fingerprint density at radius 1 is 0.720 bits per heavy atom. The standard InChI is InChI=1S/C22H39FN2/c23-21-11-4-6-17(14-21)16-25-13-12-22(24-25)20-10-5-9-19(15-20)18-7-2-1-3-8-18/h17-22,24H,1-16H2. The van der Waals surface area contributed by atoms with Gasteiger partial charge >= 0.3 is 0 Å². The largest absolute Gasteiger partial charge is 0.252 e. The Balaban J connectivity index is 1.24. The molecule has 3 aliphatic carbocycles. The van der Waals surface area contributed by atoms with E-state index in [1.807, 2.05) is 0 Å². The minimum Gasteiger partial charge on any atom is -0.252 e. The van der Waals surface area contributed by atoms with Crippen molar-refractivity contribution in [1.82, 2.24) is 10.4 Å². The molecule has 4 rings (SSSR count). The predicted octanol–water partition coefficient (Wildman–Crippen LogP) is 5.48. The van der Waals surface area contributed by atoms with Crippen molar-refractivity contribution in [3.8, 4) is 0 Å². The van der Waals surface area contributed by atoms with E-state index in [0.29, 0.717) is 12.0 Å². The first-order valence-electron chi connectivity index (χ1n) is 11.4. The molecule has 4 fully saturated rings. The van der Waals surface area contributed by atoms with Crippen LogP contribution in [-0.2, 0) is 0 Å². The highest BCUT2D eigenvalue weighted by Gasteiger charge is 2.36. The number of hydrogen-bond donors (Lipinski definition) is 1. The van der Waals surface area contributed by atoms with Crippen LogP contribution < -0.4 is 5.43 Å². The van der Waals surface area contributed by atoms with Gasteiger partial charge in [-0.1, -0.05) is 51.4 Å². The molecule has 4 aliphatic rings. The lowest BCUT2D eigenvalue weighted by Gasteiger charge is -2.39. The van der Waals surface area contributed by atoms with Gasteiger partial charge in [0.2, 0.25) is 0 Å². The maximum atomic E-state index is 13.7. The van der Waals surface area contributed by atoms with Crippen LogP contribution in [-0.4, -0.2) is 30.3 Å². The van der Waals surface area contributed by atoms with E-state index in [0.717, 1.165) is 43.6 Å². The molecular formula is C22H39FN2. The zero-order valence-corrected chi connectivity index (χ0v) is 16.1. The van der Waals surface area contributed by atoms with Gasteiger partial charge in [-0.15, -0.1) is 0 Å². The van der Waals surface area contributed by atoms with Crippen molar-refractivity contribution >= 4 is 0 Å². The van der Waals surface area contributed by atoms with Gasteiger partial charge in [0.25, 0.3) is 0 Å². The molecular weight excluding hydrogens is 311 g/mol. The molecule has 1 heterocycles. The van der Waals surface area contributed by atoms with Gasteiger partial charge < -0.3 is 0 Å². The lowest BCUT2D eigenvalue weighted by atomic mass is 9.69. The molecule has 0 amide bonds. The lowest BCUT2D eigenvalue weighted by Crippen LogP contribution is -2.43. The summed E-state index contributed by atoms with van der Waals surface area (Å²) in [6, 6.07) is 0.705. The van der Waals surface area contributed by atoms with E-state index in [1.54, 1.807) is 0 Å². The van der Waals surface area contributed by atoms with Gasteiger partial charge in [-0.2, -0.15) is 0 Å². The van der Waals surface area contributed by atoms with Crippen molar-refractivity contribution in [3.63, 3.8) is 0 Å². The molecule has 1 aliphatic heterocycles. The van der Waals surface area contributed by atoms with Crippen molar-refractivity contribution in [2.75, 3.05) is 13.1 Å². The number of halogens is 1. The molecule has 0 aromatic carbocycles. The van der Waals surface area contributed by atoms with Gasteiger partial charge in [-0.25, -0.2) is 9.40 Å². The third-order valence-electron chi connectivity index (χ3n) is 7.90. The van der Waals surface area contributed by atoms with Gasteiger partial charge in [-0.3, -0.25) is 5.43 Å². The number of hydrogen-bond acceptors (Lipinski definition) is 2. The van der Waals surface area contributed by atoms with Gasteiger partial charge in [-0.05, 0) is 62.2 Å². The van der Waals surface area contributed by atoms with E-state index in [9.17, 15) is 4.39 Å². The second-order valence-electron chi connectivity index (χ2n) is 9.69. The molecule has 0 aromatic rings. The van der Waals surface area contributed by atoms with Crippen LogP contribution in [0.15, 0.2) is 0 Å². The van der Waals surface area contributed by atoms with Crippen molar-refractivity contribution < 1.29 is 4.39 Å². The number of hydrazine groups is 1. The van der Waals surface area contributed by atoms with Gasteiger partial charge in [0.05, 0.1) is 0 Å². The highest BCUT2D eigenvalue weighted by molar-refractivity contribution is 4.89. The molecule has 3 heteroatoms. The smallest absolute Gasteiger partial charge is 0.100 e. The fourth-order valence-electron chi connectivity index (χ4n) is 6.51. The molecule has 144 valence electrons. The van der Waals surface area contributed by atoms with E-state index in [1.165, 1.54) is 77.2 Å². The first-order valence-corrected chi connectivity index (χ1v) is 11.4. The summed E-state index contributed by atoms with van der Waals surface area (Å²) < 4.78 is 13.7. The fraction of sp³-hybridized carbons (Fsp3) is 1.00. The Morgan fingerprint density at radius 2 is 1.48 bits per heavy atom. The Labute approximate surface area is 154 Å². The summed E-state index contributed by atoms with van der Waals surface area (Å²) in [5.74, 6) is 3.53. The number of nitrogens with zero attached hydrogens (tertiary/aromatic N) is 1. The number of nitrogens with one attached hydrogen (secondary N) is 1. The van der Waals surface area contributed by atoms with E-state index in [2.05, 4.69) is 10.4 Å². The first-order chi connectivity index (χ1) is 12.3. The molecule has 3 saturated carbocycles. The Bertz CT molecular complexity index is 409. The average Bonchev–Trinajstić information content (AvgIpc) is 3.11. The summed E-state index contributed by atoms with van der Waals surface area (Å²) >= 11 is 0. The quantitative estimate of drug-likeness (QED) is 0.722. The zero-order chi connectivity index (χ0) is 17.1. The molecule has 0 aromatic heterocycles. The number of rotatable bonds is 4. The highest BCUT2D eigenvalue weighted by atomic mass is 19.1. The van der Waals surface area contributed by atoms with E-state index < -0.39 is 6.17 Å². The third-order valence-corrected chi connectivity index (χ3v) is 7.90. The van der Waals surface area contributed by atoms with Crippen LogP contribution in [0.3, 0.4) is 0 Å². The summed E-state index contributed by atoms with van der Waals surface area (Å²) in [7, 11) is 0. The number of alkyl halides is 1. The monoisotopic (exact) mass is 350 g/mol. The second-order valence-corrected chi connectivity index (χ2v) is 9.69.